The second-order valence-corrected chi connectivity index (χ2v) is 5.23. The lowest BCUT2D eigenvalue weighted by molar-refractivity contribution is -0.122. The van der Waals surface area contributed by atoms with Crippen molar-refractivity contribution in [2.24, 2.45) is 0 Å². The first kappa shape index (κ1) is 15.4. The van der Waals surface area contributed by atoms with Crippen molar-refractivity contribution >= 4 is 23.4 Å². The molecule has 21 heavy (non-hydrogen) atoms. The van der Waals surface area contributed by atoms with Crippen LogP contribution < -0.4 is 10.1 Å². The molecule has 1 N–H and O–H groups in total. The predicted molar refractivity (Wildman–Crippen MR) is 83.3 cm³/mol. The van der Waals surface area contributed by atoms with E-state index in [0.717, 1.165) is 10.6 Å². The number of ether oxygens (including phenoxy) is 1. The Kier molecular flexibility index (Phi) is 5.22. The van der Waals surface area contributed by atoms with Gasteiger partial charge in [-0.2, -0.15) is 0 Å². The predicted octanol–water partition coefficient (Wildman–Crippen LogP) is 3.95. The molecule has 0 spiro atoms. The largest absolute Gasteiger partial charge is 0.478 e. The quantitative estimate of drug-likeness (QED) is 0.850. The molecule has 0 heterocycles. The number of para-hydroxylation sites is 2. The highest BCUT2D eigenvalue weighted by atomic mass is 32.2. The van der Waals surface area contributed by atoms with Crippen molar-refractivity contribution in [2.45, 2.75) is 17.9 Å². The molecule has 0 saturated heterocycles. The van der Waals surface area contributed by atoms with Crippen molar-refractivity contribution in [1.29, 1.82) is 0 Å². The number of carbonyl (C=O) groups excluding carboxylic acids is 1. The number of amides is 1. The first-order valence-corrected chi connectivity index (χ1v) is 7.69. The van der Waals surface area contributed by atoms with Crippen LogP contribution in [0.4, 0.5) is 10.1 Å². The van der Waals surface area contributed by atoms with Gasteiger partial charge in [-0.3, -0.25) is 4.79 Å². The molecule has 0 bridgehead atoms. The Labute approximate surface area is 127 Å². The molecule has 0 radical (unpaired) electrons. The minimum atomic E-state index is -0.795. The Balaban J connectivity index is 2.05. The molecule has 0 aliphatic carbocycles. The minimum absolute atomic E-state index is 0.0679. The van der Waals surface area contributed by atoms with Crippen LogP contribution in [0.15, 0.2) is 53.4 Å². The van der Waals surface area contributed by atoms with E-state index >= 15 is 0 Å². The van der Waals surface area contributed by atoms with E-state index in [2.05, 4.69) is 5.32 Å². The van der Waals surface area contributed by atoms with Crippen LogP contribution in [0.3, 0.4) is 0 Å². The summed E-state index contributed by atoms with van der Waals surface area (Å²) in [5, 5.41) is 2.79. The lowest BCUT2D eigenvalue weighted by Gasteiger charge is -2.16. The van der Waals surface area contributed by atoms with E-state index in [1.54, 1.807) is 30.8 Å². The fourth-order valence-electron chi connectivity index (χ4n) is 1.77. The van der Waals surface area contributed by atoms with Crippen LogP contribution >= 0.6 is 11.8 Å². The molecule has 2 aromatic carbocycles. The number of carbonyl (C=O) groups is 1. The van der Waals surface area contributed by atoms with Gasteiger partial charge in [-0.1, -0.05) is 24.3 Å². The van der Waals surface area contributed by atoms with Crippen LogP contribution in [0.2, 0.25) is 0 Å². The molecule has 0 fully saturated rings. The van der Waals surface area contributed by atoms with Crippen molar-refractivity contribution in [3.63, 3.8) is 0 Å². The summed E-state index contributed by atoms with van der Waals surface area (Å²) in [6.07, 6.45) is 1.14. The highest BCUT2D eigenvalue weighted by Crippen LogP contribution is 2.25. The number of nitrogens with one attached hydrogen (secondary N) is 1. The van der Waals surface area contributed by atoms with Gasteiger partial charge in [0.15, 0.2) is 17.7 Å². The standard InChI is InChI=1S/C16H16FNO2S/c1-11(20-14-9-5-3-7-12(14)17)16(19)18-13-8-4-6-10-15(13)21-2/h3-11H,1-2H3,(H,18,19)/t11-/m0/s1. The smallest absolute Gasteiger partial charge is 0.265 e. The maximum Gasteiger partial charge on any atom is 0.265 e. The summed E-state index contributed by atoms with van der Waals surface area (Å²) in [5.41, 5.74) is 0.721. The van der Waals surface area contributed by atoms with Gasteiger partial charge in [0.2, 0.25) is 0 Å². The third-order valence-electron chi connectivity index (χ3n) is 2.87. The zero-order valence-electron chi connectivity index (χ0n) is 11.8. The number of rotatable bonds is 5. The van der Waals surface area contributed by atoms with Gasteiger partial charge in [0.05, 0.1) is 5.69 Å². The average molecular weight is 305 g/mol. The van der Waals surface area contributed by atoms with Gasteiger partial charge in [-0.15, -0.1) is 11.8 Å². The molecule has 0 unspecified atom stereocenters. The first-order valence-electron chi connectivity index (χ1n) is 6.47. The molecule has 2 aromatic rings. The Bertz CT molecular complexity index is 633. The van der Waals surface area contributed by atoms with Crippen LogP contribution in [0.1, 0.15) is 6.92 Å². The summed E-state index contributed by atoms with van der Waals surface area (Å²) in [5.74, 6) is -0.736. The molecule has 5 heteroatoms. The number of benzene rings is 2. The molecule has 0 aliphatic rings. The number of halogens is 1. The second kappa shape index (κ2) is 7.13. The van der Waals surface area contributed by atoms with Gasteiger partial charge in [0.25, 0.3) is 5.91 Å². The number of hydrogen-bond donors (Lipinski definition) is 1. The molecular formula is C16H16FNO2S. The zero-order chi connectivity index (χ0) is 15.2. The maximum absolute atomic E-state index is 13.5. The molecule has 3 nitrogen and oxygen atoms in total. The second-order valence-electron chi connectivity index (χ2n) is 4.38. The average Bonchev–Trinajstić information content (AvgIpc) is 2.50. The highest BCUT2D eigenvalue weighted by Gasteiger charge is 2.17. The van der Waals surface area contributed by atoms with Crippen LogP contribution in [-0.2, 0) is 4.79 Å². The monoisotopic (exact) mass is 305 g/mol. The normalized spacial score (nSPS) is 11.8. The van der Waals surface area contributed by atoms with Gasteiger partial charge >= 0.3 is 0 Å². The van der Waals surface area contributed by atoms with Gasteiger partial charge < -0.3 is 10.1 Å². The van der Waals surface area contributed by atoms with Crippen LogP contribution in [-0.4, -0.2) is 18.3 Å². The van der Waals surface area contributed by atoms with E-state index in [0.29, 0.717) is 0 Å². The van der Waals surface area contributed by atoms with Crippen molar-refractivity contribution in [2.75, 3.05) is 11.6 Å². The minimum Gasteiger partial charge on any atom is -0.478 e. The molecule has 0 aliphatic heterocycles. The SMILES string of the molecule is CSc1ccccc1NC(=O)[C@H](C)Oc1ccccc1F. The fraction of sp³-hybridized carbons (Fsp3) is 0.188. The maximum atomic E-state index is 13.5. The molecule has 1 atom stereocenters. The van der Waals surface area contributed by atoms with Crippen molar-refractivity contribution < 1.29 is 13.9 Å². The number of hydrogen-bond acceptors (Lipinski definition) is 3. The van der Waals surface area contributed by atoms with Crippen molar-refractivity contribution in [3.8, 4) is 5.75 Å². The lowest BCUT2D eigenvalue weighted by atomic mass is 10.3. The summed E-state index contributed by atoms with van der Waals surface area (Å²) < 4.78 is 18.9. The van der Waals surface area contributed by atoms with E-state index in [4.69, 9.17) is 4.74 Å². The molecule has 0 saturated carbocycles. The summed E-state index contributed by atoms with van der Waals surface area (Å²) in [7, 11) is 0. The van der Waals surface area contributed by atoms with Crippen LogP contribution in [0.25, 0.3) is 0 Å². The third-order valence-corrected chi connectivity index (χ3v) is 3.67. The third kappa shape index (κ3) is 3.98. The van der Waals surface area contributed by atoms with E-state index < -0.39 is 11.9 Å². The summed E-state index contributed by atoms with van der Waals surface area (Å²) >= 11 is 1.54. The Hall–Kier alpha value is -2.01. The zero-order valence-corrected chi connectivity index (χ0v) is 12.6. The Morgan fingerprint density at radius 2 is 1.86 bits per heavy atom. The molecular weight excluding hydrogens is 289 g/mol. The van der Waals surface area contributed by atoms with Crippen LogP contribution in [0.5, 0.6) is 5.75 Å². The van der Waals surface area contributed by atoms with E-state index in [-0.39, 0.29) is 11.7 Å². The fourth-order valence-corrected chi connectivity index (χ4v) is 2.32. The summed E-state index contributed by atoms with van der Waals surface area (Å²) in [6, 6.07) is 13.5. The first-order chi connectivity index (χ1) is 10.1. The summed E-state index contributed by atoms with van der Waals surface area (Å²) in [4.78, 5) is 13.1. The van der Waals surface area contributed by atoms with Crippen molar-refractivity contribution in [3.05, 3.63) is 54.3 Å². The number of anilines is 1. The van der Waals surface area contributed by atoms with E-state index in [1.807, 2.05) is 30.5 Å². The van der Waals surface area contributed by atoms with E-state index in [9.17, 15) is 9.18 Å². The molecule has 110 valence electrons. The van der Waals surface area contributed by atoms with E-state index in [1.165, 1.54) is 12.1 Å². The van der Waals surface area contributed by atoms with Gasteiger partial charge in [0.1, 0.15) is 0 Å². The van der Waals surface area contributed by atoms with Gasteiger partial charge in [-0.25, -0.2) is 4.39 Å². The highest BCUT2D eigenvalue weighted by molar-refractivity contribution is 7.98. The molecule has 0 aromatic heterocycles. The Morgan fingerprint density at radius 1 is 1.19 bits per heavy atom. The lowest BCUT2D eigenvalue weighted by Crippen LogP contribution is -2.30. The van der Waals surface area contributed by atoms with Crippen molar-refractivity contribution in [1.82, 2.24) is 0 Å². The molecule has 2 rings (SSSR count). The topological polar surface area (TPSA) is 38.3 Å². The van der Waals surface area contributed by atoms with Crippen LogP contribution in [0, 0.1) is 5.82 Å². The van der Waals surface area contributed by atoms with Gasteiger partial charge in [-0.05, 0) is 37.4 Å². The van der Waals surface area contributed by atoms with Gasteiger partial charge in [0, 0.05) is 4.90 Å². The Morgan fingerprint density at radius 3 is 2.57 bits per heavy atom. The molecule has 1 amide bonds. The summed E-state index contributed by atoms with van der Waals surface area (Å²) in [6.45, 7) is 1.59. The number of thioether (sulfide) groups is 1.